The molecule has 0 radical (unpaired) electrons. The smallest absolute Gasteiger partial charge is 0.433 e. The topological polar surface area (TPSA) is 103 Å². The van der Waals surface area contributed by atoms with Crippen molar-refractivity contribution in [1.82, 2.24) is 0 Å². The lowest BCUT2D eigenvalue weighted by Gasteiger charge is -2.06. The maximum absolute atomic E-state index is 10.9. The molecule has 7 heteroatoms. The molecule has 0 amide bonds. The zero-order valence-electron chi connectivity index (χ0n) is 10.5. The van der Waals surface area contributed by atoms with Crippen molar-refractivity contribution in [3.63, 3.8) is 0 Å². The largest absolute Gasteiger partial charge is 0.486 e. The number of carboxylic acids is 1. The van der Waals surface area contributed by atoms with Crippen LogP contribution in [0.15, 0.2) is 34.7 Å². The molecule has 0 saturated carbocycles. The average Bonchev–Trinajstić information content (AvgIpc) is 2.85. The van der Waals surface area contributed by atoms with Crippen molar-refractivity contribution in [2.24, 2.45) is 0 Å². The molecule has 0 spiro atoms. The Bertz CT molecular complexity index is 661. The van der Waals surface area contributed by atoms with E-state index in [1.165, 1.54) is 24.3 Å². The second kappa shape index (κ2) is 5.43. The van der Waals surface area contributed by atoms with Gasteiger partial charge in [-0.1, -0.05) is 0 Å². The Labute approximate surface area is 113 Å². The Balaban J connectivity index is 2.05. The SMILES string of the molecule is Cc1cc(OCc2ccc([N+](=O)[O-])o2)ccc1C(=O)O. The summed E-state index contributed by atoms with van der Waals surface area (Å²) in [6.45, 7) is 1.69. The summed E-state index contributed by atoms with van der Waals surface area (Å²) in [4.78, 5) is 20.7. The first-order valence-corrected chi connectivity index (χ1v) is 5.67. The van der Waals surface area contributed by atoms with Gasteiger partial charge in [0.2, 0.25) is 0 Å². The lowest BCUT2D eigenvalue weighted by molar-refractivity contribution is -0.402. The van der Waals surface area contributed by atoms with Crippen LogP contribution in [-0.4, -0.2) is 16.0 Å². The first-order valence-electron chi connectivity index (χ1n) is 5.67. The fourth-order valence-electron chi connectivity index (χ4n) is 1.66. The Morgan fingerprint density at radius 1 is 1.40 bits per heavy atom. The number of hydrogen-bond acceptors (Lipinski definition) is 5. The van der Waals surface area contributed by atoms with Gasteiger partial charge in [-0.25, -0.2) is 4.79 Å². The molecule has 0 aliphatic heterocycles. The summed E-state index contributed by atoms with van der Waals surface area (Å²) in [7, 11) is 0. The van der Waals surface area contributed by atoms with Gasteiger partial charge in [-0.05, 0) is 36.8 Å². The van der Waals surface area contributed by atoms with E-state index in [-0.39, 0.29) is 18.1 Å². The molecule has 0 aliphatic rings. The van der Waals surface area contributed by atoms with Crippen LogP contribution in [0.4, 0.5) is 5.88 Å². The molecule has 0 bridgehead atoms. The fourth-order valence-corrected chi connectivity index (χ4v) is 1.66. The molecule has 1 N–H and O–H groups in total. The van der Waals surface area contributed by atoms with Gasteiger partial charge < -0.3 is 14.3 Å². The van der Waals surface area contributed by atoms with Crippen LogP contribution in [0.5, 0.6) is 5.75 Å². The number of nitro groups is 1. The Kier molecular flexibility index (Phi) is 3.69. The number of nitrogens with zero attached hydrogens (tertiary/aromatic N) is 1. The first kappa shape index (κ1) is 13.6. The Morgan fingerprint density at radius 2 is 2.15 bits per heavy atom. The number of aromatic carboxylic acids is 1. The summed E-state index contributed by atoms with van der Waals surface area (Å²) in [5.74, 6) is -0.570. The minimum atomic E-state index is -1.00. The van der Waals surface area contributed by atoms with Crippen LogP contribution in [0.3, 0.4) is 0 Å². The van der Waals surface area contributed by atoms with Crippen molar-refractivity contribution in [2.45, 2.75) is 13.5 Å². The van der Waals surface area contributed by atoms with Gasteiger partial charge in [0.05, 0.1) is 11.6 Å². The van der Waals surface area contributed by atoms with E-state index in [1.807, 2.05) is 0 Å². The number of benzene rings is 1. The van der Waals surface area contributed by atoms with Crippen LogP contribution < -0.4 is 4.74 Å². The number of rotatable bonds is 5. The van der Waals surface area contributed by atoms with Crippen molar-refractivity contribution in [3.8, 4) is 5.75 Å². The third-order valence-electron chi connectivity index (χ3n) is 2.64. The number of carboxylic acid groups (broad SMARTS) is 1. The highest BCUT2D eigenvalue weighted by molar-refractivity contribution is 5.89. The maximum Gasteiger partial charge on any atom is 0.433 e. The van der Waals surface area contributed by atoms with Crippen molar-refractivity contribution >= 4 is 11.9 Å². The van der Waals surface area contributed by atoms with Crippen LogP contribution >= 0.6 is 0 Å². The van der Waals surface area contributed by atoms with Crippen molar-refractivity contribution in [3.05, 3.63) is 57.3 Å². The lowest BCUT2D eigenvalue weighted by Crippen LogP contribution is -2.00. The van der Waals surface area contributed by atoms with E-state index in [1.54, 1.807) is 13.0 Å². The molecule has 2 rings (SSSR count). The van der Waals surface area contributed by atoms with Crippen LogP contribution in [0.25, 0.3) is 0 Å². The summed E-state index contributed by atoms with van der Waals surface area (Å²) < 4.78 is 10.3. The highest BCUT2D eigenvalue weighted by Crippen LogP contribution is 2.20. The molecule has 1 heterocycles. The molecule has 104 valence electrons. The quantitative estimate of drug-likeness (QED) is 0.665. The number of furan rings is 1. The van der Waals surface area contributed by atoms with Gasteiger partial charge in [-0.15, -0.1) is 0 Å². The van der Waals surface area contributed by atoms with Crippen LogP contribution in [0.1, 0.15) is 21.7 Å². The molecular formula is C13H11NO6. The molecule has 0 fully saturated rings. The minimum absolute atomic E-state index is 0.0275. The molecule has 2 aromatic rings. The summed E-state index contributed by atoms with van der Waals surface area (Å²) in [5, 5.41) is 19.3. The molecule has 1 aromatic carbocycles. The van der Waals surface area contributed by atoms with Gasteiger partial charge in [0.25, 0.3) is 0 Å². The van der Waals surface area contributed by atoms with E-state index < -0.39 is 10.9 Å². The summed E-state index contributed by atoms with van der Waals surface area (Å²) in [5.41, 5.74) is 0.770. The van der Waals surface area contributed by atoms with Crippen molar-refractivity contribution in [1.29, 1.82) is 0 Å². The van der Waals surface area contributed by atoms with Crippen LogP contribution in [-0.2, 0) is 6.61 Å². The van der Waals surface area contributed by atoms with E-state index in [2.05, 4.69) is 0 Å². The van der Waals surface area contributed by atoms with E-state index in [9.17, 15) is 14.9 Å². The van der Waals surface area contributed by atoms with Crippen LogP contribution in [0.2, 0.25) is 0 Å². The standard InChI is InChI=1S/C13H11NO6/c1-8-6-9(2-4-11(8)13(15)16)19-7-10-3-5-12(20-10)14(17)18/h2-6H,7H2,1H3,(H,15,16). The van der Waals surface area contributed by atoms with E-state index in [0.717, 1.165) is 0 Å². The van der Waals surface area contributed by atoms with Gasteiger partial charge in [-0.2, -0.15) is 0 Å². The maximum atomic E-state index is 10.9. The lowest BCUT2D eigenvalue weighted by atomic mass is 10.1. The van der Waals surface area contributed by atoms with Gasteiger partial charge in [0, 0.05) is 0 Å². The van der Waals surface area contributed by atoms with Gasteiger partial charge in [-0.3, -0.25) is 10.1 Å². The zero-order valence-corrected chi connectivity index (χ0v) is 10.5. The first-order chi connectivity index (χ1) is 9.47. The molecule has 0 atom stereocenters. The number of carbonyl (C=O) groups is 1. The summed E-state index contributed by atoms with van der Waals surface area (Å²) in [6, 6.07) is 7.25. The van der Waals surface area contributed by atoms with Gasteiger partial charge >= 0.3 is 11.9 Å². The molecule has 0 unspecified atom stereocenters. The van der Waals surface area contributed by atoms with Crippen molar-refractivity contribution in [2.75, 3.05) is 0 Å². The average molecular weight is 277 g/mol. The van der Waals surface area contributed by atoms with E-state index in [0.29, 0.717) is 17.1 Å². The number of aryl methyl sites for hydroxylation is 1. The molecule has 0 saturated heterocycles. The van der Waals surface area contributed by atoms with E-state index >= 15 is 0 Å². The molecule has 20 heavy (non-hydrogen) atoms. The summed E-state index contributed by atoms with van der Waals surface area (Å²) in [6.07, 6.45) is 0. The predicted octanol–water partition coefficient (Wildman–Crippen LogP) is 2.77. The Morgan fingerprint density at radius 3 is 2.70 bits per heavy atom. The van der Waals surface area contributed by atoms with Gasteiger partial charge in [0.15, 0.2) is 0 Å². The van der Waals surface area contributed by atoms with Crippen LogP contribution in [0, 0.1) is 17.0 Å². The second-order valence-electron chi connectivity index (χ2n) is 4.07. The monoisotopic (exact) mass is 277 g/mol. The molecular weight excluding hydrogens is 266 g/mol. The second-order valence-corrected chi connectivity index (χ2v) is 4.07. The molecule has 0 aliphatic carbocycles. The predicted molar refractivity (Wildman–Crippen MR) is 67.8 cm³/mol. The summed E-state index contributed by atoms with van der Waals surface area (Å²) >= 11 is 0. The molecule has 1 aromatic heterocycles. The zero-order chi connectivity index (χ0) is 14.7. The number of ether oxygens (including phenoxy) is 1. The molecule has 7 nitrogen and oxygen atoms in total. The van der Waals surface area contributed by atoms with Crippen molar-refractivity contribution < 1.29 is 24.0 Å². The normalized spacial score (nSPS) is 10.2. The minimum Gasteiger partial charge on any atom is -0.486 e. The Hall–Kier alpha value is -2.83. The third-order valence-corrected chi connectivity index (χ3v) is 2.64. The van der Waals surface area contributed by atoms with E-state index in [4.69, 9.17) is 14.3 Å². The van der Waals surface area contributed by atoms with Gasteiger partial charge in [0.1, 0.15) is 23.0 Å². The third kappa shape index (κ3) is 2.94. The highest BCUT2D eigenvalue weighted by Gasteiger charge is 2.12. The fraction of sp³-hybridized carbons (Fsp3) is 0.154. The highest BCUT2D eigenvalue weighted by atomic mass is 16.6. The number of hydrogen-bond donors (Lipinski definition) is 1.